The van der Waals surface area contributed by atoms with Gasteiger partial charge in [0.15, 0.2) is 0 Å². The normalized spacial score (nSPS) is 17.6. The Labute approximate surface area is 161 Å². The molecule has 1 aliphatic heterocycles. The van der Waals surface area contributed by atoms with Gasteiger partial charge < -0.3 is 9.80 Å². The van der Waals surface area contributed by atoms with E-state index in [0.717, 1.165) is 0 Å². The molecule has 4 nitrogen and oxygen atoms in total. The first-order valence-corrected chi connectivity index (χ1v) is 8.88. The SMILES string of the molecule is Cc1ccc(N2CCN(C(=O)c3ccc(Cl)c(Cl)c3)[C@@H](C)C2=O)cc1F. The summed E-state index contributed by atoms with van der Waals surface area (Å²) in [7, 11) is 0. The molecule has 26 heavy (non-hydrogen) atoms. The molecule has 0 spiro atoms. The Balaban J connectivity index is 1.81. The van der Waals surface area contributed by atoms with E-state index in [-0.39, 0.29) is 22.7 Å². The third-order valence-corrected chi connectivity index (χ3v) is 5.29. The number of nitrogens with zero attached hydrogens (tertiary/aromatic N) is 2. The van der Waals surface area contributed by atoms with Gasteiger partial charge in [-0.25, -0.2) is 4.39 Å². The molecule has 1 atom stereocenters. The summed E-state index contributed by atoms with van der Waals surface area (Å²) >= 11 is 11.9. The minimum absolute atomic E-state index is 0.257. The number of carbonyl (C=O) groups is 2. The maximum absolute atomic E-state index is 13.8. The van der Waals surface area contributed by atoms with Gasteiger partial charge in [-0.2, -0.15) is 0 Å². The van der Waals surface area contributed by atoms with Gasteiger partial charge in [0.1, 0.15) is 11.9 Å². The van der Waals surface area contributed by atoms with Crippen molar-refractivity contribution >= 4 is 40.7 Å². The van der Waals surface area contributed by atoms with Crippen molar-refractivity contribution in [2.45, 2.75) is 19.9 Å². The van der Waals surface area contributed by atoms with Gasteiger partial charge in [-0.3, -0.25) is 9.59 Å². The summed E-state index contributed by atoms with van der Waals surface area (Å²) in [5.74, 6) is -0.913. The van der Waals surface area contributed by atoms with Gasteiger partial charge >= 0.3 is 0 Å². The molecule has 136 valence electrons. The maximum Gasteiger partial charge on any atom is 0.254 e. The van der Waals surface area contributed by atoms with Crippen LogP contribution >= 0.6 is 23.2 Å². The highest BCUT2D eigenvalue weighted by Gasteiger charge is 2.35. The zero-order valence-corrected chi connectivity index (χ0v) is 15.8. The Kier molecular flexibility index (Phi) is 5.21. The highest BCUT2D eigenvalue weighted by Crippen LogP contribution is 2.26. The first-order valence-electron chi connectivity index (χ1n) is 8.13. The zero-order chi connectivity index (χ0) is 19.0. The van der Waals surface area contributed by atoms with E-state index in [2.05, 4.69) is 0 Å². The lowest BCUT2D eigenvalue weighted by Crippen LogP contribution is -2.57. The summed E-state index contributed by atoms with van der Waals surface area (Å²) in [6, 6.07) is 8.64. The fourth-order valence-corrected chi connectivity index (χ4v) is 3.25. The van der Waals surface area contributed by atoms with Crippen molar-refractivity contribution in [2.75, 3.05) is 18.0 Å². The minimum atomic E-state index is -0.671. The molecule has 0 N–H and O–H groups in total. The van der Waals surface area contributed by atoms with Gasteiger partial charge in [0, 0.05) is 24.3 Å². The third kappa shape index (κ3) is 3.41. The van der Waals surface area contributed by atoms with E-state index in [0.29, 0.717) is 34.9 Å². The fraction of sp³-hybridized carbons (Fsp3) is 0.263. The summed E-state index contributed by atoms with van der Waals surface area (Å²) in [6.07, 6.45) is 0. The van der Waals surface area contributed by atoms with Crippen LogP contribution in [0.5, 0.6) is 0 Å². The minimum Gasteiger partial charge on any atom is -0.325 e. The molecule has 1 saturated heterocycles. The van der Waals surface area contributed by atoms with Gasteiger partial charge in [0.2, 0.25) is 5.91 Å². The Hall–Kier alpha value is -2.11. The molecule has 7 heteroatoms. The summed E-state index contributed by atoms with van der Waals surface area (Å²) in [5.41, 5.74) is 1.38. The lowest BCUT2D eigenvalue weighted by molar-refractivity contribution is -0.124. The first kappa shape index (κ1) is 18.7. The number of aryl methyl sites for hydroxylation is 1. The fourth-order valence-electron chi connectivity index (χ4n) is 2.95. The summed E-state index contributed by atoms with van der Waals surface area (Å²) in [5, 5.41) is 0.642. The largest absolute Gasteiger partial charge is 0.325 e. The quantitative estimate of drug-likeness (QED) is 0.760. The Morgan fingerprint density at radius 2 is 1.85 bits per heavy atom. The summed E-state index contributed by atoms with van der Waals surface area (Å²) in [4.78, 5) is 28.5. The zero-order valence-electron chi connectivity index (χ0n) is 14.3. The van der Waals surface area contributed by atoms with Crippen LogP contribution < -0.4 is 4.90 Å². The highest BCUT2D eigenvalue weighted by atomic mass is 35.5. The molecule has 1 aliphatic rings. The van der Waals surface area contributed by atoms with Crippen LogP contribution in [-0.2, 0) is 4.79 Å². The molecule has 0 bridgehead atoms. The van der Waals surface area contributed by atoms with E-state index >= 15 is 0 Å². The van der Waals surface area contributed by atoms with Crippen molar-refractivity contribution in [3.8, 4) is 0 Å². The predicted octanol–water partition coefficient (Wildman–Crippen LogP) is 4.32. The van der Waals surface area contributed by atoms with Crippen molar-refractivity contribution in [2.24, 2.45) is 0 Å². The average molecular weight is 395 g/mol. The van der Waals surface area contributed by atoms with E-state index in [1.807, 2.05) is 0 Å². The monoisotopic (exact) mass is 394 g/mol. The second-order valence-electron chi connectivity index (χ2n) is 6.23. The Bertz CT molecular complexity index is 888. The van der Waals surface area contributed by atoms with Crippen LogP contribution in [0, 0.1) is 12.7 Å². The van der Waals surface area contributed by atoms with Gasteiger partial charge in [-0.05, 0) is 49.7 Å². The predicted molar refractivity (Wildman–Crippen MR) is 100 cm³/mol. The molecular weight excluding hydrogens is 378 g/mol. The van der Waals surface area contributed by atoms with Crippen LogP contribution in [0.2, 0.25) is 10.0 Å². The molecule has 0 unspecified atom stereocenters. The number of benzene rings is 2. The van der Waals surface area contributed by atoms with Crippen molar-refractivity contribution in [3.05, 3.63) is 63.4 Å². The van der Waals surface area contributed by atoms with Gasteiger partial charge in [0.25, 0.3) is 5.91 Å². The number of rotatable bonds is 2. The van der Waals surface area contributed by atoms with Gasteiger partial charge in [-0.15, -0.1) is 0 Å². The van der Waals surface area contributed by atoms with Crippen LogP contribution in [0.3, 0.4) is 0 Å². The molecule has 0 saturated carbocycles. The van der Waals surface area contributed by atoms with Crippen molar-refractivity contribution in [1.29, 1.82) is 0 Å². The molecule has 2 amide bonds. The molecule has 1 heterocycles. The molecule has 0 aliphatic carbocycles. The van der Waals surface area contributed by atoms with E-state index < -0.39 is 6.04 Å². The average Bonchev–Trinajstić information content (AvgIpc) is 2.61. The number of halogens is 3. The molecule has 0 aromatic heterocycles. The van der Waals surface area contributed by atoms with Crippen molar-refractivity contribution < 1.29 is 14.0 Å². The molecule has 0 radical (unpaired) electrons. The van der Waals surface area contributed by atoms with Crippen LogP contribution in [0.25, 0.3) is 0 Å². The van der Waals surface area contributed by atoms with Crippen molar-refractivity contribution in [3.63, 3.8) is 0 Å². The van der Waals surface area contributed by atoms with Crippen LogP contribution in [0.4, 0.5) is 10.1 Å². The van der Waals surface area contributed by atoms with Gasteiger partial charge in [-0.1, -0.05) is 29.3 Å². The lowest BCUT2D eigenvalue weighted by Gasteiger charge is -2.39. The van der Waals surface area contributed by atoms with E-state index in [1.54, 1.807) is 38.1 Å². The number of carbonyl (C=O) groups excluding carboxylic acids is 2. The van der Waals surface area contributed by atoms with Crippen LogP contribution in [0.15, 0.2) is 36.4 Å². The van der Waals surface area contributed by atoms with E-state index in [1.165, 1.54) is 21.9 Å². The van der Waals surface area contributed by atoms with E-state index in [4.69, 9.17) is 23.2 Å². The van der Waals surface area contributed by atoms with Crippen LogP contribution in [-0.4, -0.2) is 35.8 Å². The Morgan fingerprint density at radius 1 is 1.12 bits per heavy atom. The molecular formula is C19H17Cl2FN2O2. The second-order valence-corrected chi connectivity index (χ2v) is 7.04. The summed E-state index contributed by atoms with van der Waals surface area (Å²) in [6.45, 7) is 3.95. The lowest BCUT2D eigenvalue weighted by atomic mass is 10.1. The van der Waals surface area contributed by atoms with Crippen LogP contribution in [0.1, 0.15) is 22.8 Å². The number of anilines is 1. The smallest absolute Gasteiger partial charge is 0.254 e. The number of hydrogen-bond donors (Lipinski definition) is 0. The Morgan fingerprint density at radius 3 is 2.50 bits per heavy atom. The topological polar surface area (TPSA) is 40.6 Å². The van der Waals surface area contributed by atoms with E-state index in [9.17, 15) is 14.0 Å². The second kappa shape index (κ2) is 7.25. The third-order valence-electron chi connectivity index (χ3n) is 4.55. The number of hydrogen-bond acceptors (Lipinski definition) is 2. The number of piperazine rings is 1. The maximum atomic E-state index is 13.8. The number of amides is 2. The molecule has 2 aromatic carbocycles. The molecule has 1 fully saturated rings. The molecule has 3 rings (SSSR count). The highest BCUT2D eigenvalue weighted by molar-refractivity contribution is 6.42. The van der Waals surface area contributed by atoms with Crippen molar-refractivity contribution in [1.82, 2.24) is 4.90 Å². The summed E-state index contributed by atoms with van der Waals surface area (Å²) < 4.78 is 13.8. The standard InChI is InChI=1S/C19H17Cl2FN2O2/c1-11-3-5-14(10-17(11)22)24-8-7-23(12(2)18(24)25)19(26)13-4-6-15(20)16(21)9-13/h3-6,9-10,12H,7-8H2,1-2H3/t12-/m0/s1. The van der Waals surface area contributed by atoms with Gasteiger partial charge in [0.05, 0.1) is 10.0 Å². The first-order chi connectivity index (χ1) is 12.3. The molecule has 2 aromatic rings.